The molecule has 0 spiro atoms. The highest BCUT2D eigenvalue weighted by molar-refractivity contribution is 6.17. The Bertz CT molecular complexity index is 1390. The first-order valence-electron chi connectivity index (χ1n) is 12.8. The van der Waals surface area contributed by atoms with Gasteiger partial charge in [-0.05, 0) is 43.4 Å². The van der Waals surface area contributed by atoms with Crippen molar-refractivity contribution < 1.29 is 0 Å². The molecule has 1 N–H and O–H groups in total. The van der Waals surface area contributed by atoms with Gasteiger partial charge in [0.05, 0.1) is 34.5 Å². The summed E-state index contributed by atoms with van der Waals surface area (Å²) in [7, 11) is 0. The summed E-state index contributed by atoms with van der Waals surface area (Å²) in [4.78, 5) is 13.0. The van der Waals surface area contributed by atoms with E-state index in [0.29, 0.717) is 0 Å². The van der Waals surface area contributed by atoms with Gasteiger partial charge in [0.2, 0.25) is 0 Å². The molecular weight excluding hydrogens is 428 g/mol. The monoisotopic (exact) mass is 460 g/mol. The summed E-state index contributed by atoms with van der Waals surface area (Å²) < 4.78 is 0. The van der Waals surface area contributed by atoms with Gasteiger partial charge in [-0.25, -0.2) is 4.98 Å². The highest BCUT2D eigenvalue weighted by Crippen LogP contribution is 2.41. The molecule has 1 atom stereocenters. The van der Waals surface area contributed by atoms with Crippen molar-refractivity contribution >= 4 is 22.4 Å². The molecule has 3 aromatic carbocycles. The molecule has 6 rings (SSSR count). The molecule has 35 heavy (non-hydrogen) atoms. The fraction of sp³-hybridized carbons (Fsp3) is 0.290. The lowest BCUT2D eigenvalue weighted by atomic mass is 9.87. The van der Waals surface area contributed by atoms with E-state index in [1.54, 1.807) is 0 Å². The summed E-state index contributed by atoms with van der Waals surface area (Å²) >= 11 is 0. The number of nitrogens with zero attached hydrogens (tertiary/aromatic N) is 3. The third-order valence-corrected chi connectivity index (χ3v) is 7.70. The zero-order valence-corrected chi connectivity index (χ0v) is 20.6. The van der Waals surface area contributed by atoms with Crippen LogP contribution >= 0.6 is 0 Å². The number of hydrogen-bond donors (Lipinski definition) is 1. The number of nitrogens with one attached hydrogen (secondary N) is 1. The second-order valence-corrected chi connectivity index (χ2v) is 9.80. The van der Waals surface area contributed by atoms with E-state index in [1.807, 2.05) is 0 Å². The lowest BCUT2D eigenvalue weighted by Gasteiger charge is -2.31. The van der Waals surface area contributed by atoms with Crippen molar-refractivity contribution in [3.8, 4) is 11.3 Å². The fourth-order valence-electron chi connectivity index (χ4n) is 5.74. The van der Waals surface area contributed by atoms with Gasteiger partial charge in [0, 0.05) is 24.0 Å². The molecule has 0 radical (unpaired) electrons. The van der Waals surface area contributed by atoms with E-state index in [1.165, 1.54) is 40.6 Å². The van der Waals surface area contributed by atoms with Crippen LogP contribution in [0.2, 0.25) is 0 Å². The zero-order valence-electron chi connectivity index (χ0n) is 20.6. The number of fused-ring (bicyclic) bond motifs is 1. The van der Waals surface area contributed by atoms with Crippen LogP contribution in [-0.4, -0.2) is 30.5 Å². The molecule has 4 aromatic rings. The highest BCUT2D eigenvalue weighted by Gasteiger charge is 2.38. The van der Waals surface area contributed by atoms with Gasteiger partial charge in [-0.2, -0.15) is 0 Å². The van der Waals surface area contributed by atoms with Crippen LogP contribution in [0.5, 0.6) is 0 Å². The summed E-state index contributed by atoms with van der Waals surface area (Å²) in [5, 5.41) is 5.15. The fourth-order valence-corrected chi connectivity index (χ4v) is 5.74. The third-order valence-electron chi connectivity index (χ3n) is 7.70. The molecular formula is C31H32N4. The predicted octanol–water partition coefficient (Wildman–Crippen LogP) is 6.47. The Balaban J connectivity index is 1.61. The predicted molar refractivity (Wildman–Crippen MR) is 146 cm³/mol. The van der Waals surface area contributed by atoms with E-state index in [9.17, 15) is 0 Å². The van der Waals surface area contributed by atoms with Crippen molar-refractivity contribution in [1.82, 2.24) is 10.3 Å². The average Bonchev–Trinajstić information content (AvgIpc) is 3.60. The molecule has 0 amide bonds. The Hall–Kier alpha value is -3.66. The molecule has 1 aromatic heterocycles. The Morgan fingerprint density at radius 3 is 2.31 bits per heavy atom. The summed E-state index contributed by atoms with van der Waals surface area (Å²) in [6.45, 7) is 7.29. The lowest BCUT2D eigenvalue weighted by molar-refractivity contribution is 0.416. The molecule has 1 fully saturated rings. The molecule has 2 aliphatic rings. The average molecular weight is 461 g/mol. The maximum Gasteiger partial charge on any atom is 0.132 e. The molecule has 1 saturated heterocycles. The Kier molecular flexibility index (Phi) is 5.52. The van der Waals surface area contributed by atoms with Crippen LogP contribution < -0.4 is 10.2 Å². The second kappa shape index (κ2) is 8.84. The number of hydrogen-bond acceptors (Lipinski definition) is 4. The van der Waals surface area contributed by atoms with E-state index in [2.05, 4.69) is 103 Å². The van der Waals surface area contributed by atoms with Gasteiger partial charge in [-0.15, -0.1) is 0 Å². The van der Waals surface area contributed by atoms with Crippen LogP contribution in [0.25, 0.3) is 22.2 Å². The van der Waals surface area contributed by atoms with Gasteiger partial charge in [-0.3, -0.25) is 4.99 Å². The molecule has 0 saturated carbocycles. The topological polar surface area (TPSA) is 40.5 Å². The molecule has 3 heterocycles. The standard InChI is InChI=1S/C31H32N4/c1-3-31(24-16-8-5-9-17-24)21-32-30(34-31)27-26-22(2)13-12-18-25(26)33-28(23-14-6-4-7-15-23)29(27)35-19-10-11-20-35/h4-9,12-18H,3,10-11,19-21H2,1-2H3,(H,32,34). The third kappa shape index (κ3) is 3.68. The molecule has 4 heteroatoms. The van der Waals surface area contributed by atoms with E-state index < -0.39 is 0 Å². The first kappa shape index (κ1) is 21.8. The van der Waals surface area contributed by atoms with Crippen molar-refractivity contribution in [1.29, 1.82) is 0 Å². The van der Waals surface area contributed by atoms with Crippen LogP contribution in [0.1, 0.15) is 42.9 Å². The molecule has 4 nitrogen and oxygen atoms in total. The Labute approximate surface area is 207 Å². The number of amidine groups is 1. The number of aryl methyl sites for hydroxylation is 1. The molecule has 0 aliphatic carbocycles. The first-order valence-corrected chi connectivity index (χ1v) is 12.8. The van der Waals surface area contributed by atoms with Crippen LogP contribution in [0.3, 0.4) is 0 Å². The minimum atomic E-state index is -0.190. The number of pyridine rings is 1. The van der Waals surface area contributed by atoms with Gasteiger partial charge in [0.25, 0.3) is 0 Å². The van der Waals surface area contributed by atoms with Crippen molar-refractivity contribution in [2.75, 3.05) is 24.5 Å². The SMILES string of the molecule is CCC1(c2ccccc2)CN=C(c2c(N3CCCC3)c(-c3ccccc3)nc3cccc(C)c23)N1. The van der Waals surface area contributed by atoms with Gasteiger partial charge in [0.15, 0.2) is 0 Å². The number of benzene rings is 3. The molecule has 2 aliphatic heterocycles. The molecule has 1 unspecified atom stereocenters. The van der Waals surface area contributed by atoms with Crippen LogP contribution in [0.4, 0.5) is 5.69 Å². The normalized spacial score (nSPS) is 19.7. The van der Waals surface area contributed by atoms with E-state index in [4.69, 9.17) is 9.98 Å². The van der Waals surface area contributed by atoms with Crippen LogP contribution in [0, 0.1) is 6.92 Å². The van der Waals surface area contributed by atoms with E-state index >= 15 is 0 Å². The van der Waals surface area contributed by atoms with Crippen molar-refractivity contribution in [3.63, 3.8) is 0 Å². The van der Waals surface area contributed by atoms with E-state index in [0.717, 1.165) is 48.7 Å². The zero-order chi connectivity index (χ0) is 23.8. The number of aliphatic imine (C=N–C) groups is 1. The van der Waals surface area contributed by atoms with Gasteiger partial charge in [-0.1, -0.05) is 79.7 Å². The minimum absolute atomic E-state index is 0.190. The first-order chi connectivity index (χ1) is 17.2. The van der Waals surface area contributed by atoms with Gasteiger partial charge in [0.1, 0.15) is 5.84 Å². The maximum absolute atomic E-state index is 5.27. The lowest BCUT2D eigenvalue weighted by Crippen LogP contribution is -2.43. The summed E-state index contributed by atoms with van der Waals surface area (Å²) in [5.41, 5.74) is 8.01. The maximum atomic E-state index is 5.27. The molecule has 176 valence electrons. The number of rotatable bonds is 5. The minimum Gasteiger partial charge on any atom is -0.369 e. The van der Waals surface area contributed by atoms with Gasteiger partial charge < -0.3 is 10.2 Å². The van der Waals surface area contributed by atoms with Crippen molar-refractivity contribution in [3.05, 3.63) is 95.6 Å². The number of aromatic nitrogens is 1. The second-order valence-electron chi connectivity index (χ2n) is 9.80. The van der Waals surface area contributed by atoms with Gasteiger partial charge >= 0.3 is 0 Å². The van der Waals surface area contributed by atoms with Crippen molar-refractivity contribution in [2.45, 2.75) is 38.6 Å². The molecule has 0 bridgehead atoms. The van der Waals surface area contributed by atoms with Crippen LogP contribution in [0.15, 0.2) is 83.9 Å². The van der Waals surface area contributed by atoms with Crippen molar-refractivity contribution in [2.24, 2.45) is 4.99 Å². The Morgan fingerprint density at radius 2 is 1.60 bits per heavy atom. The smallest absolute Gasteiger partial charge is 0.132 e. The quantitative estimate of drug-likeness (QED) is 0.371. The summed E-state index contributed by atoms with van der Waals surface area (Å²) in [6.07, 6.45) is 3.39. The summed E-state index contributed by atoms with van der Waals surface area (Å²) in [5.74, 6) is 0.997. The highest BCUT2D eigenvalue weighted by atomic mass is 15.2. The number of anilines is 1. The van der Waals surface area contributed by atoms with E-state index in [-0.39, 0.29) is 5.54 Å². The van der Waals surface area contributed by atoms with Crippen LogP contribution in [-0.2, 0) is 5.54 Å². The largest absolute Gasteiger partial charge is 0.369 e. The Morgan fingerprint density at radius 1 is 0.886 bits per heavy atom. The summed E-state index contributed by atoms with van der Waals surface area (Å²) in [6, 6.07) is 27.9.